The standard InChI is InChI=1S/C18H13Cl2FN2O2/c19-12-3-1-11(2-4-12)16-10-22-18(25-16)8-7-17(24)23-15-6-5-13(21)9-14(15)20/h1-6,9-10H,7-8H2,(H,23,24). The van der Waals surface area contributed by atoms with Crippen molar-refractivity contribution < 1.29 is 13.6 Å². The summed E-state index contributed by atoms with van der Waals surface area (Å²) < 4.78 is 18.6. The van der Waals surface area contributed by atoms with Gasteiger partial charge in [0.2, 0.25) is 5.91 Å². The largest absolute Gasteiger partial charge is 0.441 e. The van der Waals surface area contributed by atoms with Crippen LogP contribution in [0.1, 0.15) is 12.3 Å². The third-order valence-electron chi connectivity index (χ3n) is 3.45. The van der Waals surface area contributed by atoms with Crippen molar-refractivity contribution in [2.75, 3.05) is 5.32 Å². The molecule has 0 aliphatic carbocycles. The van der Waals surface area contributed by atoms with Crippen molar-refractivity contribution in [1.29, 1.82) is 0 Å². The first kappa shape index (κ1) is 17.5. The van der Waals surface area contributed by atoms with Crippen LogP contribution < -0.4 is 5.32 Å². The van der Waals surface area contributed by atoms with E-state index in [-0.39, 0.29) is 17.4 Å². The minimum absolute atomic E-state index is 0.148. The van der Waals surface area contributed by atoms with Gasteiger partial charge in [0, 0.05) is 23.4 Å². The van der Waals surface area contributed by atoms with Gasteiger partial charge in [0.1, 0.15) is 5.82 Å². The average molecular weight is 379 g/mol. The van der Waals surface area contributed by atoms with E-state index in [1.807, 2.05) is 12.1 Å². The van der Waals surface area contributed by atoms with E-state index < -0.39 is 5.82 Å². The van der Waals surface area contributed by atoms with Crippen molar-refractivity contribution >= 4 is 34.8 Å². The Hall–Kier alpha value is -2.37. The summed E-state index contributed by atoms with van der Waals surface area (Å²) in [6.07, 6.45) is 2.10. The molecule has 0 radical (unpaired) electrons. The Morgan fingerprint density at radius 1 is 1.16 bits per heavy atom. The lowest BCUT2D eigenvalue weighted by Gasteiger charge is -2.06. The fraction of sp³-hybridized carbons (Fsp3) is 0.111. The lowest BCUT2D eigenvalue weighted by atomic mass is 10.2. The maximum absolute atomic E-state index is 13.0. The number of amides is 1. The van der Waals surface area contributed by atoms with Gasteiger partial charge in [-0.2, -0.15) is 0 Å². The molecule has 4 nitrogen and oxygen atoms in total. The molecule has 0 saturated heterocycles. The van der Waals surface area contributed by atoms with Crippen LogP contribution in [0.15, 0.2) is 53.1 Å². The number of hydrogen-bond donors (Lipinski definition) is 1. The molecule has 1 N–H and O–H groups in total. The van der Waals surface area contributed by atoms with Gasteiger partial charge in [-0.05, 0) is 42.5 Å². The summed E-state index contributed by atoms with van der Waals surface area (Å²) in [5.74, 6) is 0.330. The van der Waals surface area contributed by atoms with E-state index in [0.29, 0.717) is 28.8 Å². The van der Waals surface area contributed by atoms with Gasteiger partial charge >= 0.3 is 0 Å². The van der Waals surface area contributed by atoms with Crippen LogP contribution in [0.5, 0.6) is 0 Å². The van der Waals surface area contributed by atoms with Gasteiger partial charge in [0.15, 0.2) is 11.7 Å². The fourth-order valence-electron chi connectivity index (χ4n) is 2.20. The highest BCUT2D eigenvalue weighted by molar-refractivity contribution is 6.33. The molecule has 1 heterocycles. The molecule has 25 heavy (non-hydrogen) atoms. The summed E-state index contributed by atoms with van der Waals surface area (Å²) >= 11 is 11.7. The van der Waals surface area contributed by atoms with E-state index in [9.17, 15) is 9.18 Å². The van der Waals surface area contributed by atoms with Crippen molar-refractivity contribution in [2.45, 2.75) is 12.8 Å². The average Bonchev–Trinajstić information content (AvgIpc) is 3.05. The summed E-state index contributed by atoms with van der Waals surface area (Å²) in [6, 6.07) is 11.0. The number of rotatable bonds is 5. The van der Waals surface area contributed by atoms with E-state index in [1.54, 1.807) is 18.3 Å². The summed E-state index contributed by atoms with van der Waals surface area (Å²) in [6.45, 7) is 0. The number of aryl methyl sites for hydroxylation is 1. The number of anilines is 1. The maximum Gasteiger partial charge on any atom is 0.224 e. The molecule has 7 heteroatoms. The van der Waals surface area contributed by atoms with E-state index in [2.05, 4.69) is 10.3 Å². The molecule has 0 unspecified atom stereocenters. The van der Waals surface area contributed by atoms with E-state index in [4.69, 9.17) is 27.6 Å². The minimum Gasteiger partial charge on any atom is -0.441 e. The summed E-state index contributed by atoms with van der Waals surface area (Å²) in [4.78, 5) is 16.2. The lowest BCUT2D eigenvalue weighted by Crippen LogP contribution is -2.12. The molecular formula is C18H13Cl2FN2O2. The summed E-state index contributed by atoms with van der Waals surface area (Å²) in [5.41, 5.74) is 1.22. The molecular weight excluding hydrogens is 366 g/mol. The molecule has 0 fully saturated rings. The zero-order valence-corrected chi connectivity index (χ0v) is 14.4. The molecule has 3 aromatic rings. The van der Waals surface area contributed by atoms with Crippen molar-refractivity contribution in [2.24, 2.45) is 0 Å². The highest BCUT2D eigenvalue weighted by Crippen LogP contribution is 2.24. The van der Waals surface area contributed by atoms with Gasteiger partial charge in [0.25, 0.3) is 0 Å². The van der Waals surface area contributed by atoms with Crippen LogP contribution in [0.2, 0.25) is 10.0 Å². The van der Waals surface area contributed by atoms with Gasteiger partial charge < -0.3 is 9.73 Å². The third kappa shape index (κ3) is 4.59. The minimum atomic E-state index is -0.461. The zero-order valence-electron chi connectivity index (χ0n) is 12.9. The predicted molar refractivity (Wildman–Crippen MR) is 95.3 cm³/mol. The van der Waals surface area contributed by atoms with Crippen LogP contribution in [-0.2, 0) is 11.2 Å². The second-order valence-corrected chi connectivity index (χ2v) is 6.14. The number of carbonyl (C=O) groups excluding carboxylic acids is 1. The van der Waals surface area contributed by atoms with Crippen LogP contribution in [0, 0.1) is 5.82 Å². The highest BCUT2D eigenvalue weighted by atomic mass is 35.5. The van der Waals surface area contributed by atoms with E-state index >= 15 is 0 Å². The number of halogens is 3. The SMILES string of the molecule is O=C(CCc1ncc(-c2ccc(Cl)cc2)o1)Nc1ccc(F)cc1Cl. The Balaban J connectivity index is 1.58. The van der Waals surface area contributed by atoms with Crippen LogP contribution in [0.25, 0.3) is 11.3 Å². The topological polar surface area (TPSA) is 55.1 Å². The van der Waals surface area contributed by atoms with Gasteiger partial charge in [-0.15, -0.1) is 0 Å². The summed E-state index contributed by atoms with van der Waals surface area (Å²) in [5, 5.41) is 3.42. The van der Waals surface area contributed by atoms with E-state index in [0.717, 1.165) is 11.6 Å². The number of benzene rings is 2. The van der Waals surface area contributed by atoms with Crippen molar-refractivity contribution in [3.05, 3.63) is 70.4 Å². The first-order valence-corrected chi connectivity index (χ1v) is 8.22. The van der Waals surface area contributed by atoms with Crippen molar-refractivity contribution in [3.63, 3.8) is 0 Å². The number of nitrogens with one attached hydrogen (secondary N) is 1. The van der Waals surface area contributed by atoms with Crippen LogP contribution >= 0.6 is 23.2 Å². The molecule has 0 atom stereocenters. The van der Waals surface area contributed by atoms with Crippen LogP contribution in [0.3, 0.4) is 0 Å². The van der Waals surface area contributed by atoms with Crippen molar-refractivity contribution in [1.82, 2.24) is 4.98 Å². The van der Waals surface area contributed by atoms with Gasteiger partial charge in [-0.25, -0.2) is 9.37 Å². The zero-order chi connectivity index (χ0) is 17.8. The highest BCUT2D eigenvalue weighted by Gasteiger charge is 2.11. The normalized spacial score (nSPS) is 10.7. The number of carbonyl (C=O) groups is 1. The predicted octanol–water partition coefficient (Wildman–Crippen LogP) is 5.36. The Kier molecular flexibility index (Phi) is 5.36. The maximum atomic E-state index is 13.0. The number of oxazole rings is 1. The van der Waals surface area contributed by atoms with Crippen molar-refractivity contribution in [3.8, 4) is 11.3 Å². The molecule has 1 aromatic heterocycles. The fourth-order valence-corrected chi connectivity index (χ4v) is 2.54. The molecule has 3 rings (SSSR count). The molecule has 128 valence electrons. The van der Waals surface area contributed by atoms with Gasteiger partial charge in [0.05, 0.1) is 16.9 Å². The van der Waals surface area contributed by atoms with Gasteiger partial charge in [-0.1, -0.05) is 23.2 Å². The molecule has 1 amide bonds. The summed E-state index contributed by atoms with van der Waals surface area (Å²) in [7, 11) is 0. The molecule has 0 aliphatic heterocycles. The molecule has 0 spiro atoms. The molecule has 0 aliphatic rings. The monoisotopic (exact) mass is 378 g/mol. The lowest BCUT2D eigenvalue weighted by molar-refractivity contribution is -0.116. The number of hydrogen-bond acceptors (Lipinski definition) is 3. The second kappa shape index (κ2) is 7.68. The first-order chi connectivity index (χ1) is 12.0. The second-order valence-electron chi connectivity index (χ2n) is 5.30. The van der Waals surface area contributed by atoms with Crippen LogP contribution in [-0.4, -0.2) is 10.9 Å². The Bertz CT molecular complexity index is 894. The molecule has 2 aromatic carbocycles. The van der Waals surface area contributed by atoms with Crippen LogP contribution in [0.4, 0.5) is 10.1 Å². The molecule has 0 saturated carbocycles. The number of aromatic nitrogens is 1. The van der Waals surface area contributed by atoms with E-state index in [1.165, 1.54) is 12.1 Å². The first-order valence-electron chi connectivity index (χ1n) is 7.47. The van der Waals surface area contributed by atoms with Gasteiger partial charge in [-0.3, -0.25) is 4.79 Å². The third-order valence-corrected chi connectivity index (χ3v) is 4.02. The number of nitrogens with zero attached hydrogens (tertiary/aromatic N) is 1. The quantitative estimate of drug-likeness (QED) is 0.650. The Labute approximate surface area is 153 Å². The molecule has 0 bridgehead atoms. The Morgan fingerprint density at radius 3 is 2.64 bits per heavy atom. The Morgan fingerprint density at radius 2 is 1.92 bits per heavy atom. The smallest absolute Gasteiger partial charge is 0.224 e.